The minimum Gasteiger partial charge on any atom is -0.361 e. The molecule has 0 radical (unpaired) electrons. The molecular weight excluding hydrogens is 210 g/mol. The molecule has 0 aliphatic heterocycles. The third-order valence-corrected chi connectivity index (χ3v) is 3.22. The number of aromatic nitrogens is 1. The van der Waals surface area contributed by atoms with Crippen LogP contribution in [-0.4, -0.2) is 4.98 Å². The fourth-order valence-corrected chi connectivity index (χ4v) is 2.04. The SMILES string of the molecule is CC(C)c1ccc2c(=O)c(C(C)C)c[nH]c2c1. The van der Waals surface area contributed by atoms with Crippen molar-refractivity contribution >= 4 is 10.9 Å². The van der Waals surface area contributed by atoms with Crippen LogP contribution in [0.15, 0.2) is 29.2 Å². The highest BCUT2D eigenvalue weighted by molar-refractivity contribution is 5.79. The fourth-order valence-electron chi connectivity index (χ4n) is 2.04. The molecule has 2 rings (SSSR count). The van der Waals surface area contributed by atoms with Crippen LogP contribution in [0.3, 0.4) is 0 Å². The molecule has 2 aromatic rings. The van der Waals surface area contributed by atoms with Gasteiger partial charge in [0.25, 0.3) is 0 Å². The van der Waals surface area contributed by atoms with Gasteiger partial charge in [-0.05, 0) is 29.5 Å². The van der Waals surface area contributed by atoms with Crippen LogP contribution in [0, 0.1) is 0 Å². The normalized spacial score (nSPS) is 11.6. The number of fused-ring (bicyclic) bond motifs is 1. The van der Waals surface area contributed by atoms with Crippen molar-refractivity contribution in [3.63, 3.8) is 0 Å². The predicted molar refractivity (Wildman–Crippen MR) is 72.7 cm³/mol. The first-order chi connectivity index (χ1) is 8.00. The van der Waals surface area contributed by atoms with Gasteiger partial charge in [-0.3, -0.25) is 4.79 Å². The van der Waals surface area contributed by atoms with E-state index in [2.05, 4.69) is 24.9 Å². The highest BCUT2D eigenvalue weighted by atomic mass is 16.1. The summed E-state index contributed by atoms with van der Waals surface area (Å²) >= 11 is 0. The van der Waals surface area contributed by atoms with E-state index in [0.29, 0.717) is 5.92 Å². The molecule has 1 N–H and O–H groups in total. The minimum absolute atomic E-state index is 0.157. The summed E-state index contributed by atoms with van der Waals surface area (Å²) in [5.74, 6) is 0.737. The molecule has 0 bridgehead atoms. The molecule has 0 atom stereocenters. The lowest BCUT2D eigenvalue weighted by Gasteiger charge is -2.09. The maximum Gasteiger partial charge on any atom is 0.192 e. The molecule has 0 saturated carbocycles. The lowest BCUT2D eigenvalue weighted by Crippen LogP contribution is -2.11. The van der Waals surface area contributed by atoms with Crippen molar-refractivity contribution < 1.29 is 0 Å². The summed E-state index contributed by atoms with van der Waals surface area (Å²) in [6.07, 6.45) is 1.85. The van der Waals surface area contributed by atoms with E-state index in [-0.39, 0.29) is 11.3 Å². The van der Waals surface area contributed by atoms with Crippen molar-refractivity contribution in [2.45, 2.75) is 39.5 Å². The van der Waals surface area contributed by atoms with Gasteiger partial charge in [0, 0.05) is 22.7 Å². The van der Waals surface area contributed by atoms with Gasteiger partial charge < -0.3 is 4.98 Å². The Morgan fingerprint density at radius 1 is 1.06 bits per heavy atom. The lowest BCUT2D eigenvalue weighted by molar-refractivity contribution is 0.851. The van der Waals surface area contributed by atoms with Gasteiger partial charge in [-0.15, -0.1) is 0 Å². The summed E-state index contributed by atoms with van der Waals surface area (Å²) in [5, 5.41) is 0.792. The predicted octanol–water partition coefficient (Wildman–Crippen LogP) is 3.77. The van der Waals surface area contributed by atoms with Crippen molar-refractivity contribution in [1.82, 2.24) is 4.98 Å². The lowest BCUT2D eigenvalue weighted by atomic mass is 9.98. The molecule has 0 fully saturated rings. The molecule has 90 valence electrons. The molecule has 0 amide bonds. The van der Waals surface area contributed by atoms with Gasteiger partial charge in [0.1, 0.15) is 0 Å². The molecule has 0 aliphatic rings. The quantitative estimate of drug-likeness (QED) is 0.835. The summed E-state index contributed by atoms with van der Waals surface area (Å²) in [7, 11) is 0. The van der Waals surface area contributed by atoms with Gasteiger partial charge in [-0.1, -0.05) is 33.8 Å². The number of pyridine rings is 1. The van der Waals surface area contributed by atoms with Gasteiger partial charge in [-0.2, -0.15) is 0 Å². The van der Waals surface area contributed by atoms with E-state index in [0.717, 1.165) is 16.5 Å². The summed E-state index contributed by atoms with van der Waals surface area (Å²) in [6.45, 7) is 8.39. The molecule has 0 unspecified atom stereocenters. The third-order valence-electron chi connectivity index (χ3n) is 3.22. The number of aromatic amines is 1. The van der Waals surface area contributed by atoms with Crippen LogP contribution in [0.2, 0.25) is 0 Å². The molecule has 1 heterocycles. The number of nitrogens with one attached hydrogen (secondary N) is 1. The molecule has 17 heavy (non-hydrogen) atoms. The maximum absolute atomic E-state index is 12.2. The van der Waals surface area contributed by atoms with Crippen molar-refractivity contribution in [3.8, 4) is 0 Å². The number of hydrogen-bond donors (Lipinski definition) is 1. The second-order valence-corrected chi connectivity index (χ2v) is 5.19. The van der Waals surface area contributed by atoms with Crippen molar-refractivity contribution in [3.05, 3.63) is 45.7 Å². The smallest absolute Gasteiger partial charge is 0.192 e. The Hall–Kier alpha value is -1.57. The second-order valence-electron chi connectivity index (χ2n) is 5.19. The van der Waals surface area contributed by atoms with Crippen LogP contribution in [0.25, 0.3) is 10.9 Å². The highest BCUT2D eigenvalue weighted by Crippen LogP contribution is 2.19. The maximum atomic E-state index is 12.2. The van der Waals surface area contributed by atoms with Crippen molar-refractivity contribution in [2.75, 3.05) is 0 Å². The monoisotopic (exact) mass is 229 g/mol. The van der Waals surface area contributed by atoms with Gasteiger partial charge >= 0.3 is 0 Å². The Labute approximate surface area is 102 Å². The van der Waals surface area contributed by atoms with E-state index in [1.807, 2.05) is 32.2 Å². The van der Waals surface area contributed by atoms with E-state index in [4.69, 9.17) is 0 Å². The molecule has 2 nitrogen and oxygen atoms in total. The fraction of sp³-hybridized carbons (Fsp3) is 0.400. The molecule has 1 aromatic heterocycles. The van der Waals surface area contributed by atoms with E-state index in [9.17, 15) is 4.79 Å². The van der Waals surface area contributed by atoms with E-state index in [1.54, 1.807) is 0 Å². The molecule has 0 aliphatic carbocycles. The van der Waals surface area contributed by atoms with Crippen LogP contribution in [-0.2, 0) is 0 Å². The average molecular weight is 229 g/mol. The summed E-state index contributed by atoms with van der Waals surface area (Å²) in [4.78, 5) is 15.5. The summed E-state index contributed by atoms with van der Waals surface area (Å²) in [5.41, 5.74) is 3.20. The molecule has 1 aromatic carbocycles. The summed E-state index contributed by atoms with van der Waals surface area (Å²) < 4.78 is 0. The highest BCUT2D eigenvalue weighted by Gasteiger charge is 2.09. The van der Waals surface area contributed by atoms with Crippen LogP contribution >= 0.6 is 0 Å². The topological polar surface area (TPSA) is 32.9 Å². The standard InChI is InChI=1S/C15H19NO/c1-9(2)11-5-6-12-14(7-11)16-8-13(10(3)4)15(12)17/h5-10H,1-4H3,(H,16,17). The van der Waals surface area contributed by atoms with Crippen molar-refractivity contribution in [1.29, 1.82) is 0 Å². The Balaban J connectivity index is 2.69. The van der Waals surface area contributed by atoms with Crippen LogP contribution in [0.4, 0.5) is 0 Å². The zero-order chi connectivity index (χ0) is 12.6. The number of H-pyrrole nitrogens is 1. The van der Waals surface area contributed by atoms with Crippen LogP contribution < -0.4 is 5.43 Å². The van der Waals surface area contributed by atoms with Crippen LogP contribution in [0.1, 0.15) is 50.7 Å². The third kappa shape index (κ3) is 2.12. The van der Waals surface area contributed by atoms with Gasteiger partial charge in [0.05, 0.1) is 0 Å². The Bertz CT molecular complexity index is 593. The minimum atomic E-state index is 0.157. The molecule has 0 spiro atoms. The Morgan fingerprint density at radius 2 is 1.76 bits per heavy atom. The second kappa shape index (κ2) is 4.36. The first kappa shape index (κ1) is 11.9. The van der Waals surface area contributed by atoms with E-state index in [1.165, 1.54) is 5.56 Å². The Morgan fingerprint density at radius 3 is 2.35 bits per heavy atom. The number of benzene rings is 1. The van der Waals surface area contributed by atoms with Gasteiger partial charge in [-0.25, -0.2) is 0 Å². The average Bonchev–Trinajstić information content (AvgIpc) is 2.28. The molecular formula is C15H19NO. The summed E-state index contributed by atoms with van der Waals surface area (Å²) in [6, 6.07) is 6.06. The zero-order valence-corrected chi connectivity index (χ0v) is 10.9. The Kier molecular flexibility index (Phi) is 3.05. The van der Waals surface area contributed by atoms with E-state index >= 15 is 0 Å². The van der Waals surface area contributed by atoms with E-state index < -0.39 is 0 Å². The first-order valence-electron chi connectivity index (χ1n) is 6.16. The van der Waals surface area contributed by atoms with Crippen LogP contribution in [0.5, 0.6) is 0 Å². The van der Waals surface area contributed by atoms with Crippen molar-refractivity contribution in [2.24, 2.45) is 0 Å². The number of rotatable bonds is 2. The molecule has 2 heteroatoms. The van der Waals surface area contributed by atoms with Gasteiger partial charge in [0.2, 0.25) is 0 Å². The van der Waals surface area contributed by atoms with Gasteiger partial charge in [0.15, 0.2) is 5.43 Å². The first-order valence-corrected chi connectivity index (χ1v) is 6.16. The zero-order valence-electron chi connectivity index (χ0n) is 10.9. The number of hydrogen-bond acceptors (Lipinski definition) is 1. The largest absolute Gasteiger partial charge is 0.361 e. The molecule has 0 saturated heterocycles.